The Morgan fingerprint density at radius 2 is 1.91 bits per heavy atom. The van der Waals surface area contributed by atoms with Gasteiger partial charge in [-0.15, -0.1) is 24.2 Å². The summed E-state index contributed by atoms with van der Waals surface area (Å²) in [6, 6.07) is 0.660. The summed E-state index contributed by atoms with van der Waals surface area (Å²) in [7, 11) is 1.92. The topological polar surface area (TPSA) is 52.7 Å². The Kier molecular flexibility index (Phi) is 9.32. The standard InChI is InChI=1S/C16H29N3O2S.ClH/c1-13-10-17-8-9-19(13)16(21)12-22-11-15(20)18(2)14-6-4-3-5-7-14;/h13-14,17H,3-12H2,1-2H3;1H/t13-;/m0./s1. The summed E-state index contributed by atoms with van der Waals surface area (Å²) >= 11 is 1.45. The zero-order valence-corrected chi connectivity index (χ0v) is 15.9. The number of nitrogens with one attached hydrogen (secondary N) is 1. The summed E-state index contributed by atoms with van der Waals surface area (Å²) in [5.74, 6) is 1.15. The summed E-state index contributed by atoms with van der Waals surface area (Å²) in [5.41, 5.74) is 0. The van der Waals surface area contributed by atoms with Crippen molar-refractivity contribution in [3.05, 3.63) is 0 Å². The van der Waals surface area contributed by atoms with Crippen LogP contribution in [0.1, 0.15) is 39.0 Å². The quantitative estimate of drug-likeness (QED) is 0.808. The predicted molar refractivity (Wildman–Crippen MR) is 98.3 cm³/mol. The molecule has 0 unspecified atom stereocenters. The fourth-order valence-corrected chi connectivity index (χ4v) is 4.11. The Morgan fingerprint density at radius 1 is 1.22 bits per heavy atom. The molecule has 0 aromatic rings. The van der Waals surface area contributed by atoms with Crippen LogP contribution in [0.3, 0.4) is 0 Å². The van der Waals surface area contributed by atoms with E-state index in [4.69, 9.17) is 0 Å². The lowest BCUT2D eigenvalue weighted by atomic mass is 9.94. The number of carbonyl (C=O) groups excluding carboxylic acids is 2. The molecule has 1 aliphatic heterocycles. The molecule has 2 rings (SSSR count). The van der Waals surface area contributed by atoms with Gasteiger partial charge in [0, 0.05) is 38.8 Å². The molecular weight excluding hydrogens is 334 g/mol. The van der Waals surface area contributed by atoms with Gasteiger partial charge >= 0.3 is 0 Å². The molecule has 0 radical (unpaired) electrons. The van der Waals surface area contributed by atoms with Crippen LogP contribution in [0.2, 0.25) is 0 Å². The second-order valence-corrected chi connectivity index (χ2v) is 7.42. The van der Waals surface area contributed by atoms with E-state index >= 15 is 0 Å². The van der Waals surface area contributed by atoms with E-state index in [0.717, 1.165) is 32.5 Å². The lowest BCUT2D eigenvalue weighted by Crippen LogP contribution is -2.52. The predicted octanol–water partition coefficient (Wildman–Crippen LogP) is 1.75. The van der Waals surface area contributed by atoms with Crippen LogP contribution in [-0.2, 0) is 9.59 Å². The summed E-state index contributed by atoms with van der Waals surface area (Å²) < 4.78 is 0. The third kappa shape index (κ3) is 6.16. The summed E-state index contributed by atoms with van der Waals surface area (Å²) in [6.45, 7) is 4.57. The maximum atomic E-state index is 12.2. The van der Waals surface area contributed by atoms with Gasteiger partial charge in [0.15, 0.2) is 0 Å². The number of amides is 2. The van der Waals surface area contributed by atoms with Crippen molar-refractivity contribution in [2.45, 2.75) is 51.1 Å². The summed E-state index contributed by atoms with van der Waals surface area (Å²) in [5, 5.41) is 3.28. The van der Waals surface area contributed by atoms with Gasteiger partial charge in [-0.2, -0.15) is 0 Å². The van der Waals surface area contributed by atoms with Gasteiger partial charge in [0.2, 0.25) is 11.8 Å². The second kappa shape index (κ2) is 10.4. The van der Waals surface area contributed by atoms with E-state index in [2.05, 4.69) is 12.2 Å². The van der Waals surface area contributed by atoms with Crippen LogP contribution in [0.5, 0.6) is 0 Å². The largest absolute Gasteiger partial charge is 0.342 e. The van der Waals surface area contributed by atoms with Crippen LogP contribution < -0.4 is 5.32 Å². The van der Waals surface area contributed by atoms with Crippen molar-refractivity contribution >= 4 is 36.0 Å². The fraction of sp³-hybridized carbons (Fsp3) is 0.875. The molecule has 1 heterocycles. The highest BCUT2D eigenvalue weighted by Crippen LogP contribution is 2.22. The van der Waals surface area contributed by atoms with Crippen LogP contribution in [0.15, 0.2) is 0 Å². The molecule has 23 heavy (non-hydrogen) atoms. The monoisotopic (exact) mass is 363 g/mol. The van der Waals surface area contributed by atoms with Gasteiger partial charge in [-0.25, -0.2) is 0 Å². The van der Waals surface area contributed by atoms with E-state index in [-0.39, 0.29) is 30.3 Å². The first-order valence-electron chi connectivity index (χ1n) is 8.43. The molecule has 5 nitrogen and oxygen atoms in total. The van der Waals surface area contributed by atoms with Gasteiger partial charge in [-0.3, -0.25) is 9.59 Å². The molecule has 2 amide bonds. The molecule has 0 aromatic carbocycles. The van der Waals surface area contributed by atoms with Gasteiger partial charge in [-0.1, -0.05) is 19.3 Å². The number of nitrogens with zero attached hydrogens (tertiary/aromatic N) is 2. The van der Waals surface area contributed by atoms with E-state index in [0.29, 0.717) is 17.5 Å². The van der Waals surface area contributed by atoms with E-state index in [1.807, 2.05) is 16.8 Å². The zero-order valence-electron chi connectivity index (χ0n) is 14.3. The Balaban J connectivity index is 0.00000264. The van der Waals surface area contributed by atoms with E-state index in [1.165, 1.54) is 31.0 Å². The van der Waals surface area contributed by atoms with Crippen molar-refractivity contribution in [1.29, 1.82) is 0 Å². The number of hydrogen-bond donors (Lipinski definition) is 1. The van der Waals surface area contributed by atoms with Crippen molar-refractivity contribution < 1.29 is 9.59 Å². The molecule has 1 N–H and O–H groups in total. The highest BCUT2D eigenvalue weighted by Gasteiger charge is 2.24. The van der Waals surface area contributed by atoms with Gasteiger partial charge in [0.1, 0.15) is 0 Å². The third-order valence-corrected chi connectivity index (χ3v) is 5.69. The Bertz CT molecular complexity index is 392. The smallest absolute Gasteiger partial charge is 0.232 e. The molecular formula is C16H30ClN3O2S. The number of hydrogen-bond acceptors (Lipinski definition) is 4. The Hall–Kier alpha value is -0.460. The summed E-state index contributed by atoms with van der Waals surface area (Å²) in [4.78, 5) is 28.3. The molecule has 7 heteroatoms. The Labute approximate surface area is 150 Å². The molecule has 134 valence electrons. The highest BCUT2D eigenvalue weighted by atomic mass is 35.5. The lowest BCUT2D eigenvalue weighted by Gasteiger charge is -2.34. The number of rotatable bonds is 5. The highest BCUT2D eigenvalue weighted by molar-refractivity contribution is 8.00. The molecule has 1 atom stereocenters. The van der Waals surface area contributed by atoms with Crippen LogP contribution in [0, 0.1) is 0 Å². The van der Waals surface area contributed by atoms with Crippen LogP contribution in [-0.4, -0.2) is 71.9 Å². The van der Waals surface area contributed by atoms with Gasteiger partial charge < -0.3 is 15.1 Å². The molecule has 2 aliphatic rings. The van der Waals surface area contributed by atoms with Gasteiger partial charge in [0.25, 0.3) is 0 Å². The number of piperazine rings is 1. The number of halogens is 1. The maximum Gasteiger partial charge on any atom is 0.232 e. The first kappa shape index (κ1) is 20.6. The first-order valence-corrected chi connectivity index (χ1v) is 9.58. The average Bonchev–Trinajstić information content (AvgIpc) is 2.55. The molecule has 0 bridgehead atoms. The second-order valence-electron chi connectivity index (χ2n) is 6.43. The van der Waals surface area contributed by atoms with Gasteiger partial charge in [-0.05, 0) is 19.8 Å². The third-order valence-electron chi connectivity index (χ3n) is 4.79. The maximum absolute atomic E-state index is 12.2. The van der Waals surface area contributed by atoms with E-state index < -0.39 is 0 Å². The number of thioether (sulfide) groups is 1. The molecule has 1 saturated heterocycles. The first-order chi connectivity index (χ1) is 10.6. The van der Waals surface area contributed by atoms with Crippen LogP contribution in [0.4, 0.5) is 0 Å². The number of carbonyl (C=O) groups is 2. The van der Waals surface area contributed by atoms with Crippen molar-refractivity contribution in [3.63, 3.8) is 0 Å². The average molecular weight is 364 g/mol. The fourth-order valence-electron chi connectivity index (χ4n) is 3.29. The SMILES string of the molecule is C[C@H]1CNCCN1C(=O)CSCC(=O)N(C)C1CCCCC1.Cl. The minimum Gasteiger partial charge on any atom is -0.342 e. The van der Waals surface area contributed by atoms with Crippen molar-refractivity contribution in [3.8, 4) is 0 Å². The lowest BCUT2D eigenvalue weighted by molar-refractivity contribution is -0.131. The molecule has 0 aromatic heterocycles. The zero-order chi connectivity index (χ0) is 15.9. The molecule has 2 fully saturated rings. The minimum absolute atomic E-state index is 0. The van der Waals surface area contributed by atoms with Crippen molar-refractivity contribution in [1.82, 2.24) is 15.1 Å². The molecule has 0 spiro atoms. The molecule has 1 saturated carbocycles. The van der Waals surface area contributed by atoms with Crippen LogP contribution >= 0.6 is 24.2 Å². The van der Waals surface area contributed by atoms with Crippen molar-refractivity contribution in [2.75, 3.05) is 38.2 Å². The molecule has 1 aliphatic carbocycles. The minimum atomic E-state index is 0. The summed E-state index contributed by atoms with van der Waals surface area (Å²) in [6.07, 6.45) is 6.02. The normalized spacial score (nSPS) is 22.3. The van der Waals surface area contributed by atoms with Crippen molar-refractivity contribution in [2.24, 2.45) is 0 Å². The van der Waals surface area contributed by atoms with Gasteiger partial charge in [0.05, 0.1) is 11.5 Å². The van der Waals surface area contributed by atoms with Crippen LogP contribution in [0.25, 0.3) is 0 Å². The van der Waals surface area contributed by atoms with E-state index in [1.54, 1.807) is 0 Å². The van der Waals surface area contributed by atoms with E-state index in [9.17, 15) is 9.59 Å². The Morgan fingerprint density at radius 3 is 2.57 bits per heavy atom.